The first-order valence-electron chi connectivity index (χ1n) is 9.00. The number of nitrogens with zero attached hydrogens (tertiary/aromatic N) is 4. The molecular weight excluding hydrogens is 501 g/mol. The van der Waals surface area contributed by atoms with Crippen LogP contribution in [0, 0.1) is 10.1 Å². The monoisotopic (exact) mass is 519 g/mol. The van der Waals surface area contributed by atoms with Gasteiger partial charge in [0.25, 0.3) is 5.69 Å². The van der Waals surface area contributed by atoms with Crippen molar-refractivity contribution in [2.75, 3.05) is 0 Å². The summed E-state index contributed by atoms with van der Waals surface area (Å²) in [5.74, 6) is 5.33. The zero-order valence-electron chi connectivity index (χ0n) is 17.0. The summed E-state index contributed by atoms with van der Waals surface area (Å²) < 4.78 is 0. The van der Waals surface area contributed by atoms with Crippen molar-refractivity contribution in [2.24, 2.45) is 20.9 Å². The molecule has 9 nitrogen and oxygen atoms in total. The van der Waals surface area contributed by atoms with Gasteiger partial charge in [0.15, 0.2) is 5.75 Å². The molecule has 0 aliphatic carbocycles. The summed E-state index contributed by atoms with van der Waals surface area (Å²) in [5.41, 5.74) is 4.55. The molecule has 0 aromatic heterocycles. The predicted molar refractivity (Wildman–Crippen MR) is 123 cm³/mol. The molecule has 2 aromatic rings. The fourth-order valence-electron chi connectivity index (χ4n) is 2.68. The molecule has 0 saturated heterocycles. The first-order valence-corrected chi connectivity index (χ1v) is 12.0. The van der Waals surface area contributed by atoms with Crippen LogP contribution in [0.2, 0.25) is 0 Å². The van der Waals surface area contributed by atoms with Crippen molar-refractivity contribution in [3.8, 4) is 5.75 Å². The van der Waals surface area contributed by atoms with Crippen molar-refractivity contribution in [1.82, 2.24) is 0 Å². The first-order chi connectivity index (χ1) is 15.4. The van der Waals surface area contributed by atoms with Gasteiger partial charge in [-0.1, -0.05) is 11.1 Å². The minimum atomic E-state index is -0.438. The van der Waals surface area contributed by atoms with Gasteiger partial charge in [0.05, 0.1) is 39.1 Å². The van der Waals surface area contributed by atoms with Gasteiger partial charge in [0, 0.05) is 18.6 Å². The van der Waals surface area contributed by atoms with Gasteiger partial charge in [-0.05, 0) is 50.2 Å². The fraction of sp³-hybridized carbons (Fsp3) is 0.150. The number of benzene rings is 2. The quantitative estimate of drug-likeness (QED) is 0.163. The molecule has 1 aliphatic heterocycles. The number of hydrogen-bond acceptors (Lipinski definition) is 8. The minimum absolute atomic E-state index is 0.0331. The summed E-state index contributed by atoms with van der Waals surface area (Å²) in [6.07, 6.45) is 2.63. The Morgan fingerprint density at radius 3 is 2.12 bits per heavy atom. The number of rotatable bonds is 7. The van der Waals surface area contributed by atoms with E-state index in [0.29, 0.717) is 17.9 Å². The Bertz CT molecular complexity index is 1050. The molecular formula is C20H19Cl2FeN5O4. The van der Waals surface area contributed by atoms with E-state index >= 15 is 0 Å². The van der Waals surface area contributed by atoms with E-state index in [9.17, 15) is 10.1 Å². The number of nitro groups is 1. The average Bonchev–Trinajstić information content (AvgIpc) is 3.27. The Morgan fingerprint density at radius 2 is 1.59 bits per heavy atom. The van der Waals surface area contributed by atoms with Crippen molar-refractivity contribution in [3.63, 3.8) is 0 Å². The van der Waals surface area contributed by atoms with Crippen molar-refractivity contribution in [1.29, 1.82) is 0 Å². The van der Waals surface area contributed by atoms with E-state index in [2.05, 4.69) is 20.0 Å². The van der Waals surface area contributed by atoms with E-state index < -0.39 is 4.92 Å². The Hall–Kier alpha value is -2.59. The Kier molecular flexibility index (Phi) is 10.5. The predicted octanol–water partition coefficient (Wildman–Crippen LogP) is 5.77. The standard InChI is InChI=1S/C20H19N5O4.2ClH.Fe/c1-13(22-15-3-7-17(8-4-15)25(26)27)19-11-12-20(24-19)14(2)23-16-5-9-18(10-6-16)28-29-21;;;/h3-10,12H,11,21H2,1-2H3;2*1H;/q;;;+2/p-2. The molecule has 0 amide bonds. The van der Waals surface area contributed by atoms with Crippen LogP contribution >= 0.6 is 20.2 Å². The van der Waals surface area contributed by atoms with Crippen molar-refractivity contribution < 1.29 is 27.9 Å². The fourth-order valence-corrected chi connectivity index (χ4v) is 2.68. The van der Waals surface area contributed by atoms with Crippen LogP contribution in [0.3, 0.4) is 0 Å². The summed E-state index contributed by atoms with van der Waals surface area (Å²) in [4.78, 5) is 32.8. The number of nitrogens with two attached hydrogens (primary N) is 1. The van der Waals surface area contributed by atoms with E-state index in [-0.39, 0.29) is 18.8 Å². The molecule has 0 radical (unpaired) electrons. The van der Waals surface area contributed by atoms with Crippen LogP contribution in [0.25, 0.3) is 0 Å². The molecule has 2 aromatic carbocycles. The zero-order chi connectivity index (χ0) is 23.5. The second-order valence-electron chi connectivity index (χ2n) is 6.24. The molecule has 32 heavy (non-hydrogen) atoms. The molecule has 1 heterocycles. The van der Waals surface area contributed by atoms with Gasteiger partial charge in [-0.15, -0.1) is 0 Å². The van der Waals surface area contributed by atoms with E-state index in [1.165, 1.54) is 12.1 Å². The number of halogens is 2. The molecule has 0 spiro atoms. The molecule has 0 fully saturated rings. The van der Waals surface area contributed by atoms with Crippen LogP contribution in [0.1, 0.15) is 20.3 Å². The van der Waals surface area contributed by atoms with Crippen molar-refractivity contribution in [2.45, 2.75) is 20.3 Å². The molecule has 3 rings (SSSR count). The van der Waals surface area contributed by atoms with Crippen LogP contribution < -0.4 is 10.8 Å². The maximum absolute atomic E-state index is 10.7. The summed E-state index contributed by atoms with van der Waals surface area (Å²) in [6, 6.07) is 13.0. The molecule has 0 atom stereocenters. The van der Waals surface area contributed by atoms with Gasteiger partial charge in [-0.2, -0.15) is 5.90 Å². The molecule has 0 unspecified atom stereocenters. The van der Waals surface area contributed by atoms with Gasteiger partial charge in [0.1, 0.15) is 0 Å². The Balaban J connectivity index is 0.00000114. The molecule has 12 heteroatoms. The van der Waals surface area contributed by atoms with Crippen LogP contribution in [-0.4, -0.2) is 22.1 Å². The van der Waals surface area contributed by atoms with E-state index in [4.69, 9.17) is 31.0 Å². The molecule has 0 bridgehead atoms. The maximum atomic E-state index is 10.7. The molecule has 1 aliphatic rings. The number of non-ortho nitro benzene ring substituents is 1. The number of allylic oxidation sites excluding steroid dienone is 2. The average molecular weight is 520 g/mol. The Labute approximate surface area is 199 Å². The van der Waals surface area contributed by atoms with E-state index in [1.807, 2.05) is 19.9 Å². The van der Waals surface area contributed by atoms with Crippen LogP contribution in [0.15, 0.2) is 75.3 Å². The molecule has 2 N–H and O–H groups in total. The normalized spacial score (nSPS) is 13.8. The Morgan fingerprint density at radius 1 is 1.06 bits per heavy atom. The third kappa shape index (κ3) is 7.83. The van der Waals surface area contributed by atoms with Crippen molar-refractivity contribution in [3.05, 3.63) is 70.4 Å². The third-order valence-electron chi connectivity index (χ3n) is 4.17. The summed E-state index contributed by atoms with van der Waals surface area (Å²) >= 11 is 0.194. The molecule has 170 valence electrons. The SMILES string of the molecule is CC(=Nc1ccc(OON)cc1)C1=CCC(C(C)=Nc2ccc([N+](=O)[O-])cc2)=N1.[Cl][Fe][Cl]. The molecule has 0 saturated carbocycles. The van der Waals surface area contributed by atoms with Gasteiger partial charge in [-0.25, -0.2) is 4.99 Å². The van der Waals surface area contributed by atoms with Gasteiger partial charge in [-0.3, -0.25) is 20.1 Å². The second-order valence-corrected chi connectivity index (χ2v) is 8.07. The van der Waals surface area contributed by atoms with Crippen LogP contribution in [-0.2, 0) is 18.1 Å². The topological polar surface area (TPSA) is 125 Å². The number of aliphatic imine (C=N–C) groups is 3. The summed E-state index contributed by atoms with van der Waals surface area (Å²) in [5, 5.41) is 10.7. The van der Waals surface area contributed by atoms with Crippen LogP contribution in [0.5, 0.6) is 5.75 Å². The third-order valence-corrected chi connectivity index (χ3v) is 4.17. The zero-order valence-corrected chi connectivity index (χ0v) is 19.6. The first kappa shape index (κ1) is 25.7. The second kappa shape index (κ2) is 13.1. The van der Waals surface area contributed by atoms with Crippen LogP contribution in [0.4, 0.5) is 17.1 Å². The number of hydrogen-bond donors (Lipinski definition) is 1. The van der Waals surface area contributed by atoms with E-state index in [1.54, 1.807) is 36.4 Å². The van der Waals surface area contributed by atoms with Crippen molar-refractivity contribution >= 4 is 54.4 Å². The summed E-state index contributed by atoms with van der Waals surface area (Å²) in [7, 11) is 9.53. The van der Waals surface area contributed by atoms with E-state index in [0.717, 1.165) is 28.5 Å². The van der Waals surface area contributed by atoms with Gasteiger partial charge >= 0.3 is 33.3 Å². The number of nitro benzene ring substituents is 1. The summed E-state index contributed by atoms with van der Waals surface area (Å²) in [6.45, 7) is 3.75. The van der Waals surface area contributed by atoms with Gasteiger partial charge < -0.3 is 4.89 Å². The van der Waals surface area contributed by atoms with Gasteiger partial charge in [0.2, 0.25) is 0 Å².